The third-order valence-electron chi connectivity index (χ3n) is 2.77. The van der Waals surface area contributed by atoms with Crippen LogP contribution in [0.25, 0.3) is 0 Å². The molecule has 1 unspecified atom stereocenters. The molecule has 1 saturated heterocycles. The zero-order valence-electron chi connectivity index (χ0n) is 9.03. The van der Waals surface area contributed by atoms with Gasteiger partial charge in [-0.2, -0.15) is 4.98 Å². The summed E-state index contributed by atoms with van der Waals surface area (Å²) in [5, 5.41) is 3.96. The highest BCUT2D eigenvalue weighted by atomic mass is 16.5. The van der Waals surface area contributed by atoms with Gasteiger partial charge in [0.25, 0.3) is 0 Å². The maximum atomic E-state index is 5.73. The first-order valence-electron chi connectivity index (χ1n) is 5.42. The second-order valence-electron chi connectivity index (χ2n) is 4.09. The van der Waals surface area contributed by atoms with Gasteiger partial charge in [0.15, 0.2) is 0 Å². The van der Waals surface area contributed by atoms with Crippen LogP contribution in [0.2, 0.25) is 0 Å². The number of nitrogens with zero attached hydrogens (tertiary/aromatic N) is 2. The third-order valence-corrected chi connectivity index (χ3v) is 2.77. The molecule has 1 aromatic rings. The minimum Gasteiger partial charge on any atom is -0.367 e. The SMILES string of the molecule is CC1(c2noc(CCN)n2)CCCCO1. The average Bonchev–Trinajstić information content (AvgIpc) is 2.69. The lowest BCUT2D eigenvalue weighted by Crippen LogP contribution is -2.31. The van der Waals surface area contributed by atoms with Crippen molar-refractivity contribution >= 4 is 0 Å². The highest BCUT2D eigenvalue weighted by Crippen LogP contribution is 2.32. The topological polar surface area (TPSA) is 74.2 Å². The fourth-order valence-electron chi connectivity index (χ4n) is 1.81. The van der Waals surface area contributed by atoms with Crippen LogP contribution in [-0.2, 0) is 16.8 Å². The van der Waals surface area contributed by atoms with E-state index in [2.05, 4.69) is 10.1 Å². The Morgan fingerprint density at radius 3 is 3.00 bits per heavy atom. The Morgan fingerprint density at radius 2 is 2.33 bits per heavy atom. The van der Waals surface area contributed by atoms with Crippen LogP contribution in [0.1, 0.15) is 37.9 Å². The molecule has 1 aromatic heterocycles. The molecule has 0 aromatic carbocycles. The number of rotatable bonds is 3. The number of nitrogens with two attached hydrogens (primary N) is 1. The van der Waals surface area contributed by atoms with Gasteiger partial charge < -0.3 is 15.0 Å². The molecule has 0 bridgehead atoms. The van der Waals surface area contributed by atoms with E-state index in [1.807, 2.05) is 6.92 Å². The fraction of sp³-hybridized carbons (Fsp3) is 0.800. The van der Waals surface area contributed by atoms with Crippen molar-refractivity contribution in [3.8, 4) is 0 Å². The van der Waals surface area contributed by atoms with Crippen LogP contribution >= 0.6 is 0 Å². The van der Waals surface area contributed by atoms with E-state index in [1.165, 1.54) is 0 Å². The Hall–Kier alpha value is -0.940. The second-order valence-corrected chi connectivity index (χ2v) is 4.09. The standard InChI is InChI=1S/C10H17N3O2/c1-10(5-2-3-7-14-10)9-12-8(4-6-11)15-13-9/h2-7,11H2,1H3. The molecule has 0 aliphatic carbocycles. The van der Waals surface area contributed by atoms with E-state index in [4.69, 9.17) is 15.0 Å². The van der Waals surface area contributed by atoms with Crippen LogP contribution in [-0.4, -0.2) is 23.3 Å². The molecular formula is C10H17N3O2. The van der Waals surface area contributed by atoms with Gasteiger partial charge in [-0.15, -0.1) is 0 Å². The first-order chi connectivity index (χ1) is 7.24. The summed E-state index contributed by atoms with van der Waals surface area (Å²) in [6.07, 6.45) is 3.85. The van der Waals surface area contributed by atoms with Crippen LogP contribution in [0.4, 0.5) is 0 Å². The monoisotopic (exact) mass is 211 g/mol. The summed E-state index contributed by atoms with van der Waals surface area (Å²) in [6.45, 7) is 3.32. The van der Waals surface area contributed by atoms with Crippen molar-refractivity contribution in [2.45, 2.75) is 38.2 Å². The van der Waals surface area contributed by atoms with Crippen molar-refractivity contribution in [2.24, 2.45) is 5.73 Å². The van der Waals surface area contributed by atoms with Crippen molar-refractivity contribution in [1.29, 1.82) is 0 Å². The smallest absolute Gasteiger partial charge is 0.228 e. The molecule has 0 amide bonds. The number of hydrogen-bond donors (Lipinski definition) is 1. The third kappa shape index (κ3) is 2.18. The van der Waals surface area contributed by atoms with E-state index >= 15 is 0 Å². The van der Waals surface area contributed by atoms with E-state index in [0.29, 0.717) is 24.7 Å². The van der Waals surface area contributed by atoms with Gasteiger partial charge in [0.2, 0.25) is 11.7 Å². The molecule has 2 heterocycles. The minimum atomic E-state index is -0.366. The summed E-state index contributed by atoms with van der Waals surface area (Å²) < 4.78 is 10.8. The second kappa shape index (κ2) is 4.28. The quantitative estimate of drug-likeness (QED) is 0.806. The molecule has 1 aliphatic heterocycles. The summed E-state index contributed by atoms with van der Waals surface area (Å²) in [6, 6.07) is 0. The summed E-state index contributed by atoms with van der Waals surface area (Å²) in [5.74, 6) is 1.26. The lowest BCUT2D eigenvalue weighted by Gasteiger charge is -2.30. The molecule has 1 atom stereocenters. The Kier molecular flexibility index (Phi) is 3.02. The molecule has 5 nitrogen and oxygen atoms in total. The molecule has 15 heavy (non-hydrogen) atoms. The number of hydrogen-bond acceptors (Lipinski definition) is 5. The summed E-state index contributed by atoms with van der Waals surface area (Å²) in [7, 11) is 0. The normalized spacial score (nSPS) is 26.8. The van der Waals surface area contributed by atoms with Crippen molar-refractivity contribution in [3.05, 3.63) is 11.7 Å². The summed E-state index contributed by atoms with van der Waals surface area (Å²) >= 11 is 0. The van der Waals surface area contributed by atoms with E-state index in [0.717, 1.165) is 25.9 Å². The molecule has 2 N–H and O–H groups in total. The Balaban J connectivity index is 2.12. The highest BCUT2D eigenvalue weighted by molar-refractivity contribution is 5.00. The highest BCUT2D eigenvalue weighted by Gasteiger charge is 2.34. The number of ether oxygens (including phenoxy) is 1. The van der Waals surface area contributed by atoms with Gasteiger partial charge in [0.1, 0.15) is 5.60 Å². The summed E-state index contributed by atoms with van der Waals surface area (Å²) in [4.78, 5) is 4.31. The van der Waals surface area contributed by atoms with Crippen LogP contribution < -0.4 is 5.73 Å². The van der Waals surface area contributed by atoms with Gasteiger partial charge in [-0.1, -0.05) is 5.16 Å². The molecule has 84 valence electrons. The van der Waals surface area contributed by atoms with Gasteiger partial charge >= 0.3 is 0 Å². The van der Waals surface area contributed by atoms with Gasteiger partial charge in [0, 0.05) is 19.6 Å². The molecule has 1 fully saturated rings. The van der Waals surface area contributed by atoms with Crippen molar-refractivity contribution in [1.82, 2.24) is 10.1 Å². The largest absolute Gasteiger partial charge is 0.367 e. The maximum Gasteiger partial charge on any atom is 0.228 e. The predicted molar refractivity (Wildman–Crippen MR) is 54.2 cm³/mol. The molecule has 5 heteroatoms. The minimum absolute atomic E-state index is 0.366. The van der Waals surface area contributed by atoms with E-state index in [1.54, 1.807) is 0 Å². The lowest BCUT2D eigenvalue weighted by molar-refractivity contribution is -0.0770. The van der Waals surface area contributed by atoms with E-state index < -0.39 is 0 Å². The van der Waals surface area contributed by atoms with Crippen molar-refractivity contribution < 1.29 is 9.26 Å². The van der Waals surface area contributed by atoms with Crippen LogP contribution in [0.15, 0.2) is 4.52 Å². The van der Waals surface area contributed by atoms with Crippen molar-refractivity contribution in [3.63, 3.8) is 0 Å². The molecular weight excluding hydrogens is 194 g/mol. The van der Waals surface area contributed by atoms with Crippen molar-refractivity contribution in [2.75, 3.05) is 13.2 Å². The first-order valence-corrected chi connectivity index (χ1v) is 5.42. The van der Waals surface area contributed by atoms with Gasteiger partial charge in [-0.05, 0) is 26.2 Å². The molecule has 2 rings (SSSR count). The Bertz CT molecular complexity index is 318. The maximum absolute atomic E-state index is 5.73. The Labute approximate surface area is 89.0 Å². The van der Waals surface area contributed by atoms with Gasteiger partial charge in [0.05, 0.1) is 0 Å². The zero-order valence-corrected chi connectivity index (χ0v) is 9.03. The lowest BCUT2D eigenvalue weighted by atomic mass is 9.95. The molecule has 0 spiro atoms. The molecule has 0 radical (unpaired) electrons. The average molecular weight is 211 g/mol. The van der Waals surface area contributed by atoms with Gasteiger partial charge in [-0.3, -0.25) is 0 Å². The molecule has 0 saturated carbocycles. The van der Waals surface area contributed by atoms with E-state index in [-0.39, 0.29) is 5.60 Å². The molecule has 1 aliphatic rings. The van der Waals surface area contributed by atoms with Crippen LogP contribution in [0.5, 0.6) is 0 Å². The van der Waals surface area contributed by atoms with Crippen LogP contribution in [0.3, 0.4) is 0 Å². The number of aromatic nitrogens is 2. The van der Waals surface area contributed by atoms with E-state index in [9.17, 15) is 0 Å². The van der Waals surface area contributed by atoms with Crippen LogP contribution in [0, 0.1) is 0 Å². The zero-order chi connectivity index (χ0) is 10.7. The predicted octanol–water partition coefficient (Wildman–Crippen LogP) is 0.986. The Morgan fingerprint density at radius 1 is 1.47 bits per heavy atom. The fourth-order valence-corrected chi connectivity index (χ4v) is 1.81. The van der Waals surface area contributed by atoms with Gasteiger partial charge in [-0.25, -0.2) is 0 Å². The summed E-state index contributed by atoms with van der Waals surface area (Å²) in [5.41, 5.74) is 5.06. The first kappa shape index (κ1) is 10.6.